The summed E-state index contributed by atoms with van der Waals surface area (Å²) in [5, 5.41) is 3.54. The topological polar surface area (TPSA) is 78.7 Å². The van der Waals surface area contributed by atoms with Crippen molar-refractivity contribution in [2.24, 2.45) is 0 Å². The molecule has 0 saturated heterocycles. The van der Waals surface area contributed by atoms with Crippen molar-refractivity contribution in [1.29, 1.82) is 0 Å². The fraction of sp³-hybridized carbons (Fsp3) is 0.111. The van der Waals surface area contributed by atoms with Crippen LogP contribution in [0.4, 0.5) is 0 Å². The van der Waals surface area contributed by atoms with Crippen LogP contribution in [0.3, 0.4) is 0 Å². The quantitative estimate of drug-likeness (QED) is 0.596. The molecule has 0 unspecified atom stereocenters. The van der Waals surface area contributed by atoms with E-state index in [-0.39, 0.29) is 6.15 Å². The van der Waals surface area contributed by atoms with Crippen LogP contribution in [0.5, 0.6) is 0 Å². The van der Waals surface area contributed by atoms with E-state index >= 15 is 0 Å². The predicted molar refractivity (Wildman–Crippen MR) is 46.2 cm³/mol. The third-order valence-corrected chi connectivity index (χ3v) is 1.68. The summed E-state index contributed by atoms with van der Waals surface area (Å²) < 4.78 is 5.86. The Morgan fingerprint density at radius 3 is 2.57 bits per heavy atom. The molecule has 0 N–H and O–H groups in total. The normalized spacial score (nSPS) is 9.43. The minimum Gasteiger partial charge on any atom is -0.471 e. The molecule has 71 valence electrons. The van der Waals surface area contributed by atoms with E-state index in [1.807, 2.05) is 30.3 Å². The maximum absolute atomic E-state index is 10.6. The predicted octanol–water partition coefficient (Wildman–Crippen LogP) is -0.548. The van der Waals surface area contributed by atoms with Gasteiger partial charge < -0.3 is 4.52 Å². The number of hydrogen-bond donors (Lipinski definition) is 0. The number of hydrogen-bond acceptors (Lipinski definition) is 2. The smallest absolute Gasteiger partial charge is 0.388 e. The third-order valence-electron chi connectivity index (χ3n) is 1.68. The summed E-state index contributed by atoms with van der Waals surface area (Å²) in [4.78, 5) is 10.6. The summed E-state index contributed by atoms with van der Waals surface area (Å²) in [6, 6.07) is 9.75. The Bertz CT molecular complexity index is 433. The van der Waals surface area contributed by atoms with Crippen molar-refractivity contribution < 1.29 is 9.20 Å². The number of benzene rings is 1. The molecule has 1 aromatic heterocycles. The van der Waals surface area contributed by atoms with Gasteiger partial charge in [0.2, 0.25) is 6.20 Å². The summed E-state index contributed by atoms with van der Waals surface area (Å²) in [6.45, 7) is 0.562. The highest BCUT2D eigenvalue weighted by molar-refractivity contribution is 5.12. The molecule has 0 amide bonds. The van der Waals surface area contributed by atoms with Gasteiger partial charge in [0, 0.05) is 11.7 Å². The van der Waals surface area contributed by atoms with Crippen LogP contribution in [0.25, 0.3) is 0 Å². The lowest BCUT2D eigenvalue weighted by atomic mass is 10.2. The highest BCUT2D eigenvalue weighted by Gasteiger charge is 1.98. The average Bonchev–Trinajstić information content (AvgIpc) is 2.53. The number of aromatic nitrogens is 2. The Kier molecular flexibility index (Phi) is 3.19. The van der Waals surface area contributed by atoms with Crippen molar-refractivity contribution in [3.05, 3.63) is 52.5 Å². The lowest BCUT2D eigenvalue weighted by Crippen LogP contribution is -2.37. The molecule has 5 nitrogen and oxygen atoms in total. The summed E-state index contributed by atoms with van der Waals surface area (Å²) in [5.74, 6) is 0. The van der Waals surface area contributed by atoms with Crippen molar-refractivity contribution >= 4 is 0 Å². The third kappa shape index (κ3) is 2.30. The van der Waals surface area contributed by atoms with Gasteiger partial charge in [-0.2, -0.15) is 0 Å². The van der Waals surface area contributed by atoms with Gasteiger partial charge in [0.25, 0.3) is 0 Å². The second-order valence-corrected chi connectivity index (χ2v) is 2.70. The second kappa shape index (κ2) is 4.38. The zero-order valence-electron chi connectivity index (χ0n) is 7.33. The molecule has 14 heavy (non-hydrogen) atoms. The Balaban J connectivity index is 0.000000980. The SMILES string of the molecule is O=c1c[n+](Cc2ccccc2)[n-]o1.[N]. The number of nitrogens with zero attached hydrogens (tertiary/aromatic N) is 3. The van der Waals surface area contributed by atoms with E-state index in [4.69, 9.17) is 0 Å². The largest absolute Gasteiger partial charge is 0.471 e. The first-order chi connectivity index (χ1) is 6.34. The van der Waals surface area contributed by atoms with Gasteiger partial charge in [0.15, 0.2) is 6.54 Å². The fourth-order valence-electron chi connectivity index (χ4n) is 1.11. The van der Waals surface area contributed by atoms with E-state index in [1.165, 1.54) is 10.9 Å². The monoisotopic (exact) mass is 190 g/mol. The van der Waals surface area contributed by atoms with Crippen LogP contribution in [0.15, 0.2) is 45.8 Å². The molecule has 3 radical (unpaired) electrons. The van der Waals surface area contributed by atoms with Crippen LogP contribution in [0, 0.1) is 0 Å². The molecule has 0 fully saturated rings. The van der Waals surface area contributed by atoms with Crippen LogP contribution in [-0.2, 0) is 6.54 Å². The zero-order valence-corrected chi connectivity index (χ0v) is 7.33. The molecule has 0 aliphatic heterocycles. The Morgan fingerprint density at radius 1 is 1.29 bits per heavy atom. The first-order valence-corrected chi connectivity index (χ1v) is 3.92. The lowest BCUT2D eigenvalue weighted by Gasteiger charge is -1.96. The van der Waals surface area contributed by atoms with Crippen molar-refractivity contribution in [2.75, 3.05) is 0 Å². The molecule has 1 aromatic carbocycles. The van der Waals surface area contributed by atoms with Crippen LogP contribution < -0.4 is 21.7 Å². The summed E-state index contributed by atoms with van der Waals surface area (Å²) in [5.41, 5.74) is 0.664. The standard InChI is InChI=1S/C9H8N2O2.N/c12-9-7-11(10-13-9)6-8-4-2-1-3-5-8;/h1-5,7H,6H2;. The van der Waals surface area contributed by atoms with Crippen LogP contribution in [0.1, 0.15) is 5.56 Å². The summed E-state index contributed by atoms with van der Waals surface area (Å²) in [6.07, 6.45) is 1.33. The van der Waals surface area contributed by atoms with E-state index < -0.39 is 5.63 Å². The average molecular weight is 190 g/mol. The van der Waals surface area contributed by atoms with E-state index in [0.29, 0.717) is 6.54 Å². The van der Waals surface area contributed by atoms with Gasteiger partial charge in [0.1, 0.15) is 0 Å². The Hall–Kier alpha value is -1.88. The first kappa shape index (κ1) is 10.2. The van der Waals surface area contributed by atoms with Gasteiger partial charge >= 0.3 is 5.63 Å². The minimum atomic E-state index is -0.420. The van der Waals surface area contributed by atoms with Crippen LogP contribution in [0.2, 0.25) is 0 Å². The van der Waals surface area contributed by atoms with Crippen LogP contribution >= 0.6 is 0 Å². The fourth-order valence-corrected chi connectivity index (χ4v) is 1.11. The van der Waals surface area contributed by atoms with Gasteiger partial charge in [-0.1, -0.05) is 30.3 Å². The molecule has 1 heterocycles. The summed E-state index contributed by atoms with van der Waals surface area (Å²) in [7, 11) is 0. The maximum Gasteiger partial charge on any atom is 0.388 e. The zero-order chi connectivity index (χ0) is 9.10. The van der Waals surface area contributed by atoms with Gasteiger partial charge in [-0.15, -0.1) is 0 Å². The second-order valence-electron chi connectivity index (χ2n) is 2.70. The Morgan fingerprint density at radius 2 is 2.00 bits per heavy atom. The lowest BCUT2D eigenvalue weighted by molar-refractivity contribution is -0.760. The molecule has 0 saturated carbocycles. The molecule has 2 aromatic rings. The van der Waals surface area contributed by atoms with Crippen molar-refractivity contribution in [3.63, 3.8) is 0 Å². The van der Waals surface area contributed by atoms with Gasteiger partial charge in [0.05, 0.1) is 0 Å². The molecule has 0 aliphatic carbocycles. The van der Waals surface area contributed by atoms with E-state index in [0.717, 1.165) is 5.56 Å². The molecule has 2 rings (SSSR count). The highest BCUT2D eigenvalue weighted by atomic mass is 16.5. The van der Waals surface area contributed by atoms with Gasteiger partial charge in [-0.3, -0.25) is 5.27 Å². The van der Waals surface area contributed by atoms with Crippen molar-refractivity contribution in [1.82, 2.24) is 11.4 Å². The van der Waals surface area contributed by atoms with E-state index in [1.54, 1.807) is 0 Å². The van der Waals surface area contributed by atoms with Gasteiger partial charge in [-0.25, -0.2) is 9.48 Å². The van der Waals surface area contributed by atoms with Crippen molar-refractivity contribution in [2.45, 2.75) is 6.54 Å². The van der Waals surface area contributed by atoms with Crippen LogP contribution in [-0.4, -0.2) is 0 Å². The molecule has 0 aliphatic rings. The highest BCUT2D eigenvalue weighted by Crippen LogP contribution is 1.95. The molecule has 0 spiro atoms. The number of rotatable bonds is 2. The van der Waals surface area contributed by atoms with Crippen molar-refractivity contribution in [3.8, 4) is 0 Å². The summed E-state index contributed by atoms with van der Waals surface area (Å²) >= 11 is 0. The molecular weight excluding hydrogens is 182 g/mol. The molecule has 0 bridgehead atoms. The molecular formula is C9H8N3O2. The Labute approximate surface area is 80.5 Å². The molecule has 0 atom stereocenters. The van der Waals surface area contributed by atoms with E-state index in [2.05, 4.69) is 9.79 Å². The first-order valence-electron chi connectivity index (χ1n) is 3.92. The van der Waals surface area contributed by atoms with E-state index in [9.17, 15) is 4.79 Å². The minimum absolute atomic E-state index is 0. The maximum atomic E-state index is 10.6. The molecule has 5 heteroatoms. The van der Waals surface area contributed by atoms with Gasteiger partial charge in [-0.05, 0) is 0 Å².